The summed E-state index contributed by atoms with van der Waals surface area (Å²) < 4.78 is 5.05. The topological polar surface area (TPSA) is 43.4 Å². The van der Waals surface area contributed by atoms with E-state index < -0.39 is 5.97 Å². The lowest BCUT2D eigenvalue weighted by Crippen LogP contribution is -2.06. The van der Waals surface area contributed by atoms with Crippen molar-refractivity contribution in [1.82, 2.24) is 0 Å². The van der Waals surface area contributed by atoms with E-state index in [4.69, 9.17) is 4.74 Å². The maximum atomic E-state index is 12.2. The summed E-state index contributed by atoms with van der Waals surface area (Å²) in [7, 11) is 0. The molecule has 0 aromatic heterocycles. The highest BCUT2D eigenvalue weighted by Crippen LogP contribution is 2.25. The first kappa shape index (κ1) is 14.3. The van der Waals surface area contributed by atoms with Gasteiger partial charge in [-0.15, -0.1) is 0 Å². The van der Waals surface area contributed by atoms with Crippen LogP contribution in [0.3, 0.4) is 0 Å². The van der Waals surface area contributed by atoms with Gasteiger partial charge in [-0.2, -0.15) is 0 Å². The van der Waals surface area contributed by atoms with Gasteiger partial charge in [0.05, 0.1) is 5.56 Å². The first-order chi connectivity index (χ1) is 9.66. The monoisotopic (exact) mass is 286 g/mol. The maximum Gasteiger partial charge on any atom is 0.308 e. The summed E-state index contributed by atoms with van der Waals surface area (Å²) in [5, 5.41) is -0.106. The van der Waals surface area contributed by atoms with Gasteiger partial charge in [0.25, 0.3) is 0 Å². The molecule has 0 spiro atoms. The molecule has 0 saturated heterocycles. The fraction of sp³-hybridized carbons (Fsp3) is 0.125. The molecule has 0 N–H and O–H groups in total. The zero-order chi connectivity index (χ0) is 14.4. The molecule has 102 valence electrons. The first-order valence-corrected chi connectivity index (χ1v) is 7.14. The predicted molar refractivity (Wildman–Crippen MR) is 79.8 cm³/mol. The Hall–Kier alpha value is -2.07. The standard InChI is InChI=1S/C16H14O3S/c1-12(17)19-15-10-6-5-9-14(15)16(18)20-11-13-7-3-2-4-8-13/h2-10H,11H2,1H3. The Bertz CT molecular complexity index is 608. The van der Waals surface area contributed by atoms with Crippen LogP contribution in [0.4, 0.5) is 0 Å². The van der Waals surface area contributed by atoms with E-state index in [-0.39, 0.29) is 5.12 Å². The molecule has 0 fully saturated rings. The van der Waals surface area contributed by atoms with Crippen molar-refractivity contribution in [1.29, 1.82) is 0 Å². The number of hydrogen-bond donors (Lipinski definition) is 0. The number of para-hydroxylation sites is 1. The summed E-state index contributed by atoms with van der Waals surface area (Å²) in [6, 6.07) is 16.5. The molecule has 2 aromatic rings. The summed E-state index contributed by atoms with van der Waals surface area (Å²) in [5.41, 5.74) is 1.50. The Morgan fingerprint density at radius 2 is 1.65 bits per heavy atom. The average Bonchev–Trinajstić information content (AvgIpc) is 2.46. The lowest BCUT2D eigenvalue weighted by Gasteiger charge is -2.07. The van der Waals surface area contributed by atoms with E-state index in [9.17, 15) is 9.59 Å². The fourth-order valence-corrected chi connectivity index (χ4v) is 2.49. The fourth-order valence-electron chi connectivity index (χ4n) is 1.68. The molecular formula is C16H14O3S. The second-order valence-electron chi connectivity index (χ2n) is 4.15. The molecule has 20 heavy (non-hydrogen) atoms. The second-order valence-corrected chi connectivity index (χ2v) is 5.10. The van der Waals surface area contributed by atoms with Gasteiger partial charge in [-0.3, -0.25) is 9.59 Å². The van der Waals surface area contributed by atoms with Crippen LogP contribution in [0, 0.1) is 0 Å². The molecule has 0 unspecified atom stereocenters. The van der Waals surface area contributed by atoms with Crippen LogP contribution in [0.25, 0.3) is 0 Å². The number of carbonyl (C=O) groups is 2. The number of benzene rings is 2. The Morgan fingerprint density at radius 3 is 2.35 bits per heavy atom. The van der Waals surface area contributed by atoms with Crippen LogP contribution in [-0.4, -0.2) is 11.1 Å². The third-order valence-corrected chi connectivity index (χ3v) is 3.53. The summed E-state index contributed by atoms with van der Waals surface area (Å²) in [6.07, 6.45) is 0. The molecule has 0 aliphatic heterocycles. The van der Waals surface area contributed by atoms with E-state index in [0.29, 0.717) is 17.1 Å². The highest BCUT2D eigenvalue weighted by molar-refractivity contribution is 8.13. The van der Waals surface area contributed by atoms with E-state index in [0.717, 1.165) is 5.56 Å². The molecule has 3 nitrogen and oxygen atoms in total. The zero-order valence-electron chi connectivity index (χ0n) is 11.0. The van der Waals surface area contributed by atoms with Crippen molar-refractivity contribution >= 4 is 22.8 Å². The molecule has 0 saturated carbocycles. The van der Waals surface area contributed by atoms with E-state index in [1.165, 1.54) is 18.7 Å². The van der Waals surface area contributed by atoms with Gasteiger partial charge in [0.2, 0.25) is 5.12 Å². The van der Waals surface area contributed by atoms with Crippen LogP contribution in [0.2, 0.25) is 0 Å². The minimum Gasteiger partial charge on any atom is -0.426 e. The molecular weight excluding hydrogens is 272 g/mol. The van der Waals surface area contributed by atoms with Gasteiger partial charge in [0.15, 0.2) is 0 Å². The highest BCUT2D eigenvalue weighted by atomic mass is 32.2. The van der Waals surface area contributed by atoms with Crippen molar-refractivity contribution in [3.8, 4) is 5.75 Å². The van der Waals surface area contributed by atoms with Gasteiger partial charge in [0, 0.05) is 12.7 Å². The van der Waals surface area contributed by atoms with Crippen molar-refractivity contribution < 1.29 is 14.3 Å². The zero-order valence-corrected chi connectivity index (χ0v) is 11.9. The molecule has 4 heteroatoms. The molecule has 0 atom stereocenters. The molecule has 0 bridgehead atoms. The number of thioether (sulfide) groups is 1. The average molecular weight is 286 g/mol. The van der Waals surface area contributed by atoms with Crippen molar-refractivity contribution in [3.63, 3.8) is 0 Å². The lowest BCUT2D eigenvalue weighted by atomic mass is 10.2. The van der Waals surface area contributed by atoms with Crippen LogP contribution in [-0.2, 0) is 10.5 Å². The predicted octanol–water partition coefficient (Wildman–Crippen LogP) is 3.69. The number of ether oxygens (including phenoxy) is 1. The van der Waals surface area contributed by atoms with Crippen molar-refractivity contribution in [2.45, 2.75) is 12.7 Å². The van der Waals surface area contributed by atoms with E-state index >= 15 is 0 Å². The van der Waals surface area contributed by atoms with Crippen molar-refractivity contribution in [2.75, 3.05) is 0 Å². The van der Waals surface area contributed by atoms with Gasteiger partial charge in [-0.25, -0.2) is 0 Å². The minimum atomic E-state index is -0.432. The van der Waals surface area contributed by atoms with E-state index in [2.05, 4.69) is 0 Å². The van der Waals surface area contributed by atoms with Crippen molar-refractivity contribution in [3.05, 3.63) is 65.7 Å². The normalized spacial score (nSPS) is 10.1. The summed E-state index contributed by atoms with van der Waals surface area (Å²) in [6.45, 7) is 1.32. The second kappa shape index (κ2) is 6.91. The molecule has 2 aromatic carbocycles. The number of rotatable bonds is 4. The Morgan fingerprint density at radius 1 is 1.00 bits per heavy atom. The Labute approximate surface area is 122 Å². The smallest absolute Gasteiger partial charge is 0.308 e. The van der Waals surface area contributed by atoms with Gasteiger partial charge in [0.1, 0.15) is 5.75 Å². The SMILES string of the molecule is CC(=O)Oc1ccccc1C(=O)SCc1ccccc1. The molecule has 0 amide bonds. The van der Waals surface area contributed by atoms with E-state index in [1.54, 1.807) is 24.3 Å². The molecule has 0 radical (unpaired) electrons. The molecule has 2 rings (SSSR count). The quantitative estimate of drug-likeness (QED) is 0.635. The van der Waals surface area contributed by atoms with Crippen molar-refractivity contribution in [2.24, 2.45) is 0 Å². The van der Waals surface area contributed by atoms with Gasteiger partial charge in [-0.1, -0.05) is 54.2 Å². The van der Waals surface area contributed by atoms with Crippen LogP contribution in [0.5, 0.6) is 5.75 Å². The largest absolute Gasteiger partial charge is 0.426 e. The first-order valence-electron chi connectivity index (χ1n) is 6.15. The number of esters is 1. The molecule has 0 heterocycles. The van der Waals surface area contributed by atoms with Crippen LogP contribution in [0.1, 0.15) is 22.8 Å². The van der Waals surface area contributed by atoms with Crippen LogP contribution < -0.4 is 4.74 Å². The van der Waals surface area contributed by atoms with Crippen LogP contribution in [0.15, 0.2) is 54.6 Å². The Balaban J connectivity index is 2.07. The van der Waals surface area contributed by atoms with Gasteiger partial charge < -0.3 is 4.74 Å². The summed E-state index contributed by atoms with van der Waals surface area (Å²) >= 11 is 1.19. The lowest BCUT2D eigenvalue weighted by molar-refractivity contribution is -0.131. The van der Waals surface area contributed by atoms with E-state index in [1.807, 2.05) is 30.3 Å². The molecule has 0 aliphatic rings. The van der Waals surface area contributed by atoms with Gasteiger partial charge in [-0.05, 0) is 17.7 Å². The van der Waals surface area contributed by atoms with Gasteiger partial charge >= 0.3 is 5.97 Å². The third kappa shape index (κ3) is 3.96. The summed E-state index contributed by atoms with van der Waals surface area (Å²) in [5.74, 6) is 0.470. The molecule has 0 aliphatic carbocycles. The summed E-state index contributed by atoms with van der Waals surface area (Å²) in [4.78, 5) is 23.2. The minimum absolute atomic E-state index is 0.106. The maximum absolute atomic E-state index is 12.2. The highest BCUT2D eigenvalue weighted by Gasteiger charge is 2.14. The van der Waals surface area contributed by atoms with Crippen LogP contribution >= 0.6 is 11.8 Å². The Kier molecular flexibility index (Phi) is 4.96. The number of hydrogen-bond acceptors (Lipinski definition) is 4. The number of carbonyl (C=O) groups excluding carboxylic acids is 2. The third-order valence-electron chi connectivity index (χ3n) is 2.57.